The number of halogens is 3. The van der Waals surface area contributed by atoms with Crippen molar-refractivity contribution in [1.29, 1.82) is 0 Å². The number of rotatable bonds is 5. The SMILES string of the molecule is CC(=O)c1c(C)c2cc(C(=O)N[C@@H](C)c3ccccn3)cnc2n(-c2ccc(C(F)(F)F)cc2)c1=O. The number of pyridine rings is 3. The summed E-state index contributed by atoms with van der Waals surface area (Å²) in [7, 11) is 0. The van der Waals surface area contributed by atoms with E-state index in [1.54, 1.807) is 38.2 Å². The molecular weight excluding hydrogens is 473 g/mol. The van der Waals surface area contributed by atoms with Crippen molar-refractivity contribution in [2.24, 2.45) is 0 Å². The molecule has 1 amide bonds. The van der Waals surface area contributed by atoms with Gasteiger partial charge in [0, 0.05) is 17.8 Å². The molecule has 0 radical (unpaired) electrons. The Morgan fingerprint density at radius 2 is 1.75 bits per heavy atom. The molecule has 1 N–H and O–H groups in total. The van der Waals surface area contributed by atoms with Gasteiger partial charge in [0.25, 0.3) is 11.5 Å². The molecule has 0 spiro atoms. The van der Waals surface area contributed by atoms with Gasteiger partial charge in [0.2, 0.25) is 0 Å². The maximum absolute atomic E-state index is 13.2. The van der Waals surface area contributed by atoms with Crippen LogP contribution in [-0.4, -0.2) is 26.2 Å². The van der Waals surface area contributed by atoms with Crippen LogP contribution in [0.5, 0.6) is 0 Å². The first kappa shape index (κ1) is 24.8. The molecule has 0 aliphatic carbocycles. The van der Waals surface area contributed by atoms with E-state index in [1.165, 1.54) is 19.2 Å². The molecule has 0 saturated heterocycles. The molecule has 0 saturated carbocycles. The first-order valence-corrected chi connectivity index (χ1v) is 10.9. The van der Waals surface area contributed by atoms with Crippen LogP contribution in [0, 0.1) is 6.92 Å². The Hall–Kier alpha value is -4.34. The lowest BCUT2D eigenvalue weighted by Crippen LogP contribution is -2.29. The summed E-state index contributed by atoms with van der Waals surface area (Å²) < 4.78 is 40.2. The second kappa shape index (κ2) is 9.37. The highest BCUT2D eigenvalue weighted by Gasteiger charge is 2.30. The minimum Gasteiger partial charge on any atom is -0.344 e. The van der Waals surface area contributed by atoms with E-state index in [0.29, 0.717) is 16.6 Å². The maximum Gasteiger partial charge on any atom is 0.416 e. The third kappa shape index (κ3) is 4.61. The molecular formula is C26H21F3N4O3. The highest BCUT2D eigenvalue weighted by Crippen LogP contribution is 2.30. The number of nitrogens with one attached hydrogen (secondary N) is 1. The summed E-state index contributed by atoms with van der Waals surface area (Å²) in [6, 6.07) is 10.4. The predicted octanol–water partition coefficient (Wildman–Crippen LogP) is 4.80. The number of benzene rings is 1. The molecule has 7 nitrogen and oxygen atoms in total. The summed E-state index contributed by atoms with van der Waals surface area (Å²) >= 11 is 0. The van der Waals surface area contributed by atoms with Crippen molar-refractivity contribution >= 4 is 22.7 Å². The molecule has 0 aliphatic rings. The first-order chi connectivity index (χ1) is 17.0. The third-order valence-electron chi connectivity index (χ3n) is 5.82. The van der Waals surface area contributed by atoms with E-state index in [0.717, 1.165) is 28.8 Å². The smallest absolute Gasteiger partial charge is 0.344 e. The quantitative estimate of drug-likeness (QED) is 0.402. The molecule has 184 valence electrons. The Morgan fingerprint density at radius 3 is 2.33 bits per heavy atom. The van der Waals surface area contributed by atoms with Crippen molar-refractivity contribution < 1.29 is 22.8 Å². The summed E-state index contributed by atoms with van der Waals surface area (Å²) in [6.07, 6.45) is -1.66. The zero-order valence-corrected chi connectivity index (χ0v) is 19.6. The van der Waals surface area contributed by atoms with E-state index in [4.69, 9.17) is 0 Å². The summed E-state index contributed by atoms with van der Waals surface area (Å²) in [5, 5.41) is 3.17. The predicted molar refractivity (Wildman–Crippen MR) is 127 cm³/mol. The summed E-state index contributed by atoms with van der Waals surface area (Å²) in [5.41, 5.74) is -0.344. The monoisotopic (exact) mass is 494 g/mol. The summed E-state index contributed by atoms with van der Waals surface area (Å²) in [4.78, 5) is 47.1. The Kier molecular flexibility index (Phi) is 6.45. The van der Waals surface area contributed by atoms with E-state index in [1.807, 2.05) is 0 Å². The van der Waals surface area contributed by atoms with Gasteiger partial charge in [-0.25, -0.2) is 4.98 Å². The van der Waals surface area contributed by atoms with Crippen molar-refractivity contribution in [3.8, 4) is 5.69 Å². The van der Waals surface area contributed by atoms with Crippen LogP contribution in [0.3, 0.4) is 0 Å². The van der Waals surface area contributed by atoms with Gasteiger partial charge in [-0.2, -0.15) is 13.2 Å². The number of hydrogen-bond acceptors (Lipinski definition) is 5. The average molecular weight is 494 g/mol. The number of aryl methyl sites for hydroxylation is 1. The molecule has 10 heteroatoms. The highest BCUT2D eigenvalue weighted by atomic mass is 19.4. The number of carbonyl (C=O) groups is 2. The van der Waals surface area contributed by atoms with Crippen LogP contribution in [0.4, 0.5) is 13.2 Å². The molecule has 0 fully saturated rings. The molecule has 0 aliphatic heterocycles. The van der Waals surface area contributed by atoms with Gasteiger partial charge in [-0.3, -0.25) is 23.9 Å². The fourth-order valence-corrected chi connectivity index (χ4v) is 3.98. The van der Waals surface area contributed by atoms with Gasteiger partial charge in [0.15, 0.2) is 5.78 Å². The van der Waals surface area contributed by atoms with Gasteiger partial charge < -0.3 is 5.32 Å². The number of Topliss-reactive ketones (excluding diaryl/α,β-unsaturated/α-hetero) is 1. The second-order valence-corrected chi connectivity index (χ2v) is 8.29. The van der Waals surface area contributed by atoms with Crippen LogP contribution in [0.2, 0.25) is 0 Å². The zero-order chi connectivity index (χ0) is 26.2. The van der Waals surface area contributed by atoms with E-state index in [2.05, 4.69) is 15.3 Å². The lowest BCUT2D eigenvalue weighted by molar-refractivity contribution is -0.137. The van der Waals surface area contributed by atoms with Crippen LogP contribution in [0.1, 0.15) is 57.4 Å². The normalized spacial score (nSPS) is 12.4. The number of carbonyl (C=O) groups excluding carboxylic acids is 2. The molecule has 1 atom stereocenters. The van der Waals surface area contributed by atoms with Gasteiger partial charge in [-0.1, -0.05) is 6.07 Å². The van der Waals surface area contributed by atoms with E-state index in [-0.39, 0.29) is 22.5 Å². The molecule has 0 bridgehead atoms. The number of nitrogens with zero attached hydrogens (tertiary/aromatic N) is 3. The standard InChI is InChI=1S/C26H21F3N4O3/c1-14-20-12-17(24(35)32-15(2)21-6-4-5-11-30-21)13-31-23(20)33(25(36)22(14)16(3)34)19-9-7-18(8-10-19)26(27,28)29/h4-13,15H,1-3H3,(H,32,35)/t15-/m0/s1. The largest absolute Gasteiger partial charge is 0.416 e. The first-order valence-electron chi connectivity index (χ1n) is 10.9. The van der Waals surface area contributed by atoms with Crippen LogP contribution in [-0.2, 0) is 6.18 Å². The molecule has 4 rings (SSSR count). The fraction of sp³-hybridized carbons (Fsp3) is 0.192. The van der Waals surface area contributed by atoms with E-state index < -0.39 is 35.0 Å². The number of ketones is 1. The van der Waals surface area contributed by atoms with E-state index in [9.17, 15) is 27.6 Å². The molecule has 1 aromatic carbocycles. The lowest BCUT2D eigenvalue weighted by atomic mass is 10.0. The highest BCUT2D eigenvalue weighted by molar-refractivity contribution is 6.02. The summed E-state index contributed by atoms with van der Waals surface area (Å²) in [5.74, 6) is -0.961. The number of alkyl halides is 3. The topological polar surface area (TPSA) is 93.9 Å². The molecule has 4 aromatic rings. The van der Waals surface area contributed by atoms with Crippen molar-refractivity contribution in [2.75, 3.05) is 0 Å². The molecule has 3 aromatic heterocycles. The summed E-state index contributed by atoms with van der Waals surface area (Å²) in [6.45, 7) is 4.57. The Morgan fingerprint density at radius 1 is 1.06 bits per heavy atom. The van der Waals surface area contributed by atoms with Crippen LogP contribution in [0.25, 0.3) is 16.7 Å². The lowest BCUT2D eigenvalue weighted by Gasteiger charge is -2.17. The molecule has 0 unspecified atom stereocenters. The van der Waals surface area contributed by atoms with Gasteiger partial charge in [0.05, 0.1) is 34.1 Å². The van der Waals surface area contributed by atoms with Crippen LogP contribution in [0.15, 0.2) is 65.7 Å². The van der Waals surface area contributed by atoms with Gasteiger partial charge >= 0.3 is 6.18 Å². The minimum atomic E-state index is -4.55. The Bertz CT molecular complexity index is 1530. The van der Waals surface area contributed by atoms with Gasteiger partial charge in [-0.15, -0.1) is 0 Å². The van der Waals surface area contributed by atoms with Crippen LogP contribution >= 0.6 is 0 Å². The fourth-order valence-electron chi connectivity index (χ4n) is 3.98. The van der Waals surface area contributed by atoms with Crippen molar-refractivity contribution in [3.63, 3.8) is 0 Å². The Labute approximate surface area is 203 Å². The number of fused-ring (bicyclic) bond motifs is 1. The number of amides is 1. The maximum atomic E-state index is 13.2. The van der Waals surface area contributed by atoms with Crippen LogP contribution < -0.4 is 10.9 Å². The third-order valence-corrected chi connectivity index (χ3v) is 5.82. The average Bonchev–Trinajstić information content (AvgIpc) is 2.84. The molecule has 36 heavy (non-hydrogen) atoms. The molecule has 3 heterocycles. The number of hydrogen-bond donors (Lipinski definition) is 1. The minimum absolute atomic E-state index is 0.106. The second-order valence-electron chi connectivity index (χ2n) is 8.29. The van der Waals surface area contributed by atoms with Gasteiger partial charge in [-0.05, 0) is 68.8 Å². The van der Waals surface area contributed by atoms with E-state index >= 15 is 0 Å². The van der Waals surface area contributed by atoms with Crippen molar-refractivity contribution in [1.82, 2.24) is 19.9 Å². The van der Waals surface area contributed by atoms with Gasteiger partial charge in [0.1, 0.15) is 5.65 Å². The number of aromatic nitrogens is 3. The van der Waals surface area contributed by atoms with Crippen molar-refractivity contribution in [3.05, 3.63) is 99.2 Å². The van der Waals surface area contributed by atoms with Crippen molar-refractivity contribution in [2.45, 2.75) is 33.0 Å². The Balaban J connectivity index is 1.84. The zero-order valence-electron chi connectivity index (χ0n) is 19.6.